The summed E-state index contributed by atoms with van der Waals surface area (Å²) in [7, 11) is 1.81. The third-order valence-electron chi connectivity index (χ3n) is 3.86. The lowest BCUT2D eigenvalue weighted by Crippen LogP contribution is -2.45. The van der Waals surface area contributed by atoms with Crippen LogP contribution in [0.15, 0.2) is 0 Å². The quantitative estimate of drug-likeness (QED) is 0.775. The zero-order chi connectivity index (χ0) is 12.1. The summed E-state index contributed by atoms with van der Waals surface area (Å²) in [6.45, 7) is 7.39. The topological polar surface area (TPSA) is 33.7 Å². The summed E-state index contributed by atoms with van der Waals surface area (Å²) in [5.41, 5.74) is 0. The molecule has 0 aromatic heterocycles. The second kappa shape index (κ2) is 6.69. The highest BCUT2D eigenvalue weighted by Crippen LogP contribution is 2.16. The molecule has 0 bridgehead atoms. The van der Waals surface area contributed by atoms with Gasteiger partial charge in [0.15, 0.2) is 0 Å². The highest BCUT2D eigenvalue weighted by Gasteiger charge is 2.27. The van der Waals surface area contributed by atoms with Crippen LogP contribution in [0.4, 0.5) is 0 Å². The van der Waals surface area contributed by atoms with Gasteiger partial charge < -0.3 is 14.8 Å². The molecule has 100 valence electrons. The molecule has 0 spiro atoms. The molecule has 2 aliphatic rings. The predicted molar refractivity (Wildman–Crippen MR) is 68.3 cm³/mol. The first-order valence-corrected chi connectivity index (χ1v) is 6.92. The minimum Gasteiger partial charge on any atom is -0.380 e. The minimum atomic E-state index is 0.410. The van der Waals surface area contributed by atoms with Gasteiger partial charge in [0, 0.05) is 39.4 Å². The Kier molecular flexibility index (Phi) is 5.22. The SMILES string of the molecule is CCOC1CCCN(CC2CC(OC)CN2)C1. The summed E-state index contributed by atoms with van der Waals surface area (Å²) in [6.07, 6.45) is 4.50. The van der Waals surface area contributed by atoms with Crippen molar-refractivity contribution < 1.29 is 9.47 Å². The molecule has 4 heteroatoms. The number of rotatable bonds is 5. The fraction of sp³-hybridized carbons (Fsp3) is 1.00. The molecule has 0 amide bonds. The molecule has 2 saturated heterocycles. The first-order valence-electron chi connectivity index (χ1n) is 6.92. The molecule has 4 nitrogen and oxygen atoms in total. The van der Waals surface area contributed by atoms with E-state index in [9.17, 15) is 0 Å². The second-order valence-corrected chi connectivity index (χ2v) is 5.18. The first-order chi connectivity index (χ1) is 8.31. The van der Waals surface area contributed by atoms with Crippen LogP contribution in [-0.2, 0) is 9.47 Å². The van der Waals surface area contributed by atoms with Gasteiger partial charge in [0.05, 0.1) is 12.2 Å². The normalized spacial score (nSPS) is 35.3. The van der Waals surface area contributed by atoms with Gasteiger partial charge in [-0.25, -0.2) is 0 Å². The molecular weight excluding hydrogens is 216 g/mol. The van der Waals surface area contributed by atoms with Gasteiger partial charge in [-0.1, -0.05) is 0 Å². The number of piperidine rings is 1. The van der Waals surface area contributed by atoms with Crippen LogP contribution in [0.2, 0.25) is 0 Å². The van der Waals surface area contributed by atoms with E-state index < -0.39 is 0 Å². The molecule has 2 aliphatic heterocycles. The zero-order valence-corrected chi connectivity index (χ0v) is 11.2. The molecule has 2 rings (SSSR count). The van der Waals surface area contributed by atoms with Crippen molar-refractivity contribution >= 4 is 0 Å². The molecule has 3 atom stereocenters. The third kappa shape index (κ3) is 3.91. The summed E-state index contributed by atoms with van der Waals surface area (Å²) in [5.74, 6) is 0. The summed E-state index contributed by atoms with van der Waals surface area (Å²) >= 11 is 0. The minimum absolute atomic E-state index is 0.410. The lowest BCUT2D eigenvalue weighted by atomic mass is 10.1. The maximum absolute atomic E-state index is 5.73. The van der Waals surface area contributed by atoms with Gasteiger partial charge in [0.1, 0.15) is 0 Å². The second-order valence-electron chi connectivity index (χ2n) is 5.18. The van der Waals surface area contributed by atoms with Gasteiger partial charge in [-0.05, 0) is 32.7 Å². The van der Waals surface area contributed by atoms with E-state index >= 15 is 0 Å². The largest absolute Gasteiger partial charge is 0.380 e. The molecule has 2 fully saturated rings. The molecule has 0 aliphatic carbocycles. The number of ether oxygens (including phenoxy) is 2. The average Bonchev–Trinajstić information content (AvgIpc) is 2.78. The molecule has 17 heavy (non-hydrogen) atoms. The van der Waals surface area contributed by atoms with Gasteiger partial charge in [-0.2, -0.15) is 0 Å². The molecule has 2 heterocycles. The number of nitrogens with one attached hydrogen (secondary N) is 1. The molecule has 0 saturated carbocycles. The van der Waals surface area contributed by atoms with Crippen molar-refractivity contribution in [3.63, 3.8) is 0 Å². The fourth-order valence-electron chi connectivity index (χ4n) is 2.96. The van der Waals surface area contributed by atoms with E-state index in [1.54, 1.807) is 7.11 Å². The lowest BCUT2D eigenvalue weighted by Gasteiger charge is -2.34. The monoisotopic (exact) mass is 242 g/mol. The van der Waals surface area contributed by atoms with Crippen molar-refractivity contribution in [3.8, 4) is 0 Å². The van der Waals surface area contributed by atoms with E-state index in [1.165, 1.54) is 19.4 Å². The standard InChI is InChI=1S/C13H26N2O2/c1-3-17-12-5-4-6-15(10-12)9-11-7-13(16-2)8-14-11/h11-14H,3-10H2,1-2H3. The number of nitrogens with zero attached hydrogens (tertiary/aromatic N) is 1. The average molecular weight is 242 g/mol. The first kappa shape index (κ1) is 13.3. The molecule has 1 N–H and O–H groups in total. The Morgan fingerprint density at radius 1 is 1.35 bits per heavy atom. The number of likely N-dealkylation sites (tertiary alicyclic amines) is 1. The zero-order valence-electron chi connectivity index (χ0n) is 11.2. The Bertz CT molecular complexity index is 223. The molecular formula is C13H26N2O2. The Morgan fingerprint density at radius 2 is 2.24 bits per heavy atom. The predicted octanol–water partition coefficient (Wildman–Crippen LogP) is 0.864. The Morgan fingerprint density at radius 3 is 2.94 bits per heavy atom. The van der Waals surface area contributed by atoms with Crippen LogP contribution < -0.4 is 5.32 Å². The number of methoxy groups -OCH3 is 1. The van der Waals surface area contributed by atoms with Crippen LogP contribution in [0.1, 0.15) is 26.2 Å². The highest BCUT2D eigenvalue weighted by atomic mass is 16.5. The van der Waals surface area contributed by atoms with Crippen LogP contribution >= 0.6 is 0 Å². The van der Waals surface area contributed by atoms with Crippen molar-refractivity contribution in [2.45, 2.75) is 44.4 Å². The summed E-state index contributed by atoms with van der Waals surface area (Å²) in [5, 5.41) is 3.54. The van der Waals surface area contributed by atoms with E-state index in [-0.39, 0.29) is 0 Å². The summed E-state index contributed by atoms with van der Waals surface area (Å²) < 4.78 is 11.1. The van der Waals surface area contributed by atoms with Crippen LogP contribution in [-0.4, -0.2) is 63.0 Å². The van der Waals surface area contributed by atoms with E-state index in [0.29, 0.717) is 18.2 Å². The van der Waals surface area contributed by atoms with Gasteiger partial charge in [0.2, 0.25) is 0 Å². The van der Waals surface area contributed by atoms with Gasteiger partial charge in [-0.3, -0.25) is 4.90 Å². The van der Waals surface area contributed by atoms with Crippen LogP contribution in [0.5, 0.6) is 0 Å². The molecule has 3 unspecified atom stereocenters. The maximum Gasteiger partial charge on any atom is 0.0711 e. The van der Waals surface area contributed by atoms with Crippen LogP contribution in [0, 0.1) is 0 Å². The lowest BCUT2D eigenvalue weighted by molar-refractivity contribution is 0.00366. The van der Waals surface area contributed by atoms with E-state index in [4.69, 9.17) is 9.47 Å². The van der Waals surface area contributed by atoms with Crippen LogP contribution in [0.25, 0.3) is 0 Å². The summed E-state index contributed by atoms with van der Waals surface area (Å²) in [4.78, 5) is 2.54. The van der Waals surface area contributed by atoms with Crippen molar-refractivity contribution in [3.05, 3.63) is 0 Å². The van der Waals surface area contributed by atoms with Crippen molar-refractivity contribution in [2.75, 3.05) is 39.9 Å². The Labute approximate surface area is 105 Å². The third-order valence-corrected chi connectivity index (χ3v) is 3.86. The number of hydrogen-bond donors (Lipinski definition) is 1. The van der Waals surface area contributed by atoms with Gasteiger partial charge in [0.25, 0.3) is 0 Å². The van der Waals surface area contributed by atoms with Gasteiger partial charge in [-0.15, -0.1) is 0 Å². The van der Waals surface area contributed by atoms with Crippen molar-refractivity contribution in [1.29, 1.82) is 0 Å². The Hall–Kier alpha value is -0.160. The van der Waals surface area contributed by atoms with Crippen molar-refractivity contribution in [1.82, 2.24) is 10.2 Å². The van der Waals surface area contributed by atoms with E-state index in [2.05, 4.69) is 17.1 Å². The fourth-order valence-corrected chi connectivity index (χ4v) is 2.96. The highest BCUT2D eigenvalue weighted by molar-refractivity contribution is 4.86. The van der Waals surface area contributed by atoms with Crippen LogP contribution in [0.3, 0.4) is 0 Å². The molecule has 0 aromatic carbocycles. The molecule has 0 aromatic rings. The van der Waals surface area contributed by atoms with Crippen molar-refractivity contribution in [2.24, 2.45) is 0 Å². The number of hydrogen-bond acceptors (Lipinski definition) is 4. The van der Waals surface area contributed by atoms with E-state index in [0.717, 1.165) is 32.7 Å². The maximum atomic E-state index is 5.73. The van der Waals surface area contributed by atoms with E-state index in [1.807, 2.05) is 0 Å². The Balaban J connectivity index is 1.71. The molecule has 0 radical (unpaired) electrons. The van der Waals surface area contributed by atoms with Gasteiger partial charge >= 0.3 is 0 Å². The summed E-state index contributed by atoms with van der Waals surface area (Å²) in [6, 6.07) is 0.598. The smallest absolute Gasteiger partial charge is 0.0711 e.